The van der Waals surface area contributed by atoms with Crippen molar-refractivity contribution in [3.63, 3.8) is 0 Å². The number of benzene rings is 1. The summed E-state index contributed by atoms with van der Waals surface area (Å²) < 4.78 is 35.3. The van der Waals surface area contributed by atoms with Gasteiger partial charge in [-0.2, -0.15) is 4.31 Å². The summed E-state index contributed by atoms with van der Waals surface area (Å²) in [7, 11) is -1.65. The van der Waals surface area contributed by atoms with E-state index in [1.807, 2.05) is 38.5 Å². The Labute approximate surface area is 143 Å². The average molecular weight is 349 g/mol. The number of rotatable bonds is 4. The van der Waals surface area contributed by atoms with Crippen LogP contribution in [0.4, 0.5) is 0 Å². The summed E-state index contributed by atoms with van der Waals surface area (Å²) in [6, 6.07) is 3.53. The van der Waals surface area contributed by atoms with Crippen molar-refractivity contribution in [3.05, 3.63) is 41.0 Å². The van der Waals surface area contributed by atoms with Crippen LogP contribution in [0.2, 0.25) is 0 Å². The fraction of sp³-hybridized carbons (Fsp3) is 0.471. The number of hydrogen-bond acceptors (Lipinski definition) is 4. The Morgan fingerprint density at radius 1 is 1.25 bits per heavy atom. The molecule has 6 nitrogen and oxygen atoms in total. The molecule has 7 heteroatoms. The van der Waals surface area contributed by atoms with Crippen molar-refractivity contribution in [2.24, 2.45) is 7.05 Å². The molecule has 0 amide bonds. The lowest BCUT2D eigenvalue weighted by Gasteiger charge is -2.27. The number of aryl methyl sites for hydroxylation is 3. The van der Waals surface area contributed by atoms with E-state index in [1.54, 1.807) is 16.7 Å². The molecule has 24 heavy (non-hydrogen) atoms. The summed E-state index contributed by atoms with van der Waals surface area (Å²) in [6.07, 6.45) is 2.39. The SMILES string of the molecule is CCOc1cc(C)c(S(=O)(=O)N2CCc3ncn(C)c3C2)cc1C. The molecule has 130 valence electrons. The molecule has 2 heterocycles. The van der Waals surface area contributed by atoms with Crippen LogP contribution in [0.15, 0.2) is 23.4 Å². The van der Waals surface area contributed by atoms with E-state index in [1.165, 1.54) is 0 Å². The Balaban J connectivity index is 1.97. The lowest BCUT2D eigenvalue weighted by molar-refractivity contribution is 0.337. The van der Waals surface area contributed by atoms with Crippen molar-refractivity contribution >= 4 is 10.0 Å². The number of imidazole rings is 1. The minimum atomic E-state index is -3.55. The Morgan fingerprint density at radius 2 is 2.00 bits per heavy atom. The summed E-state index contributed by atoms with van der Waals surface area (Å²) in [4.78, 5) is 4.69. The molecule has 1 aliphatic rings. The molecule has 0 radical (unpaired) electrons. The third-order valence-electron chi connectivity index (χ3n) is 4.46. The molecule has 0 saturated carbocycles. The first-order valence-electron chi connectivity index (χ1n) is 8.08. The van der Waals surface area contributed by atoms with E-state index in [0.717, 1.165) is 22.7 Å². The second-order valence-electron chi connectivity index (χ2n) is 6.15. The van der Waals surface area contributed by atoms with Gasteiger partial charge in [0.25, 0.3) is 0 Å². The number of fused-ring (bicyclic) bond motifs is 1. The number of ether oxygens (including phenoxy) is 1. The molecular weight excluding hydrogens is 326 g/mol. The predicted octanol–water partition coefficient (Wildman–Crippen LogP) is 2.18. The van der Waals surface area contributed by atoms with Crippen molar-refractivity contribution in [1.82, 2.24) is 13.9 Å². The monoisotopic (exact) mass is 349 g/mol. The van der Waals surface area contributed by atoms with Crippen LogP contribution in [0.25, 0.3) is 0 Å². The Hall–Kier alpha value is -1.86. The number of nitrogens with zero attached hydrogens (tertiary/aromatic N) is 3. The maximum Gasteiger partial charge on any atom is 0.243 e. The summed E-state index contributed by atoms with van der Waals surface area (Å²) in [5, 5.41) is 0. The highest BCUT2D eigenvalue weighted by atomic mass is 32.2. The minimum absolute atomic E-state index is 0.356. The van der Waals surface area contributed by atoms with Gasteiger partial charge in [0.2, 0.25) is 10.0 Å². The molecule has 0 N–H and O–H groups in total. The smallest absolute Gasteiger partial charge is 0.243 e. The summed E-state index contributed by atoms with van der Waals surface area (Å²) in [5.74, 6) is 0.738. The maximum atomic E-state index is 13.1. The number of hydrogen-bond donors (Lipinski definition) is 0. The van der Waals surface area contributed by atoms with E-state index in [4.69, 9.17) is 4.74 Å². The van der Waals surface area contributed by atoms with Crippen molar-refractivity contribution in [3.8, 4) is 5.75 Å². The van der Waals surface area contributed by atoms with Gasteiger partial charge in [0.15, 0.2) is 0 Å². The zero-order valence-corrected chi connectivity index (χ0v) is 15.4. The van der Waals surface area contributed by atoms with Crippen molar-refractivity contribution in [2.45, 2.75) is 38.6 Å². The largest absolute Gasteiger partial charge is 0.494 e. The van der Waals surface area contributed by atoms with Gasteiger partial charge in [0.05, 0.1) is 35.8 Å². The molecule has 1 aliphatic heterocycles. The van der Waals surface area contributed by atoms with Crippen LogP contribution in [-0.4, -0.2) is 35.4 Å². The molecule has 1 aromatic carbocycles. The molecular formula is C17H23N3O3S. The van der Waals surface area contributed by atoms with Gasteiger partial charge < -0.3 is 9.30 Å². The van der Waals surface area contributed by atoms with Crippen LogP contribution >= 0.6 is 0 Å². The van der Waals surface area contributed by atoms with Crippen LogP contribution in [0.5, 0.6) is 5.75 Å². The second-order valence-corrected chi connectivity index (χ2v) is 8.06. The lowest BCUT2D eigenvalue weighted by Crippen LogP contribution is -2.37. The molecule has 0 bridgehead atoms. The van der Waals surface area contributed by atoms with E-state index in [2.05, 4.69) is 4.98 Å². The fourth-order valence-corrected chi connectivity index (χ4v) is 4.78. The molecule has 3 rings (SSSR count). The number of aromatic nitrogens is 2. The molecule has 0 atom stereocenters. The van der Waals surface area contributed by atoms with Crippen LogP contribution in [0.1, 0.15) is 29.4 Å². The fourth-order valence-electron chi connectivity index (χ4n) is 3.09. The Bertz CT molecular complexity index is 871. The van der Waals surface area contributed by atoms with Crippen molar-refractivity contribution < 1.29 is 13.2 Å². The zero-order chi connectivity index (χ0) is 17.5. The summed E-state index contributed by atoms with van der Waals surface area (Å²) in [6.45, 7) is 6.98. The van der Waals surface area contributed by atoms with E-state index < -0.39 is 10.0 Å². The van der Waals surface area contributed by atoms with Gasteiger partial charge in [-0.25, -0.2) is 13.4 Å². The van der Waals surface area contributed by atoms with Gasteiger partial charge in [-0.15, -0.1) is 0 Å². The molecule has 2 aromatic rings. The Kier molecular flexibility index (Phi) is 4.40. The van der Waals surface area contributed by atoms with Gasteiger partial charge in [-0.1, -0.05) is 0 Å². The van der Waals surface area contributed by atoms with Gasteiger partial charge in [0.1, 0.15) is 5.75 Å². The van der Waals surface area contributed by atoms with Crippen LogP contribution in [-0.2, 0) is 30.0 Å². The topological polar surface area (TPSA) is 64.4 Å². The second kappa shape index (κ2) is 6.22. The van der Waals surface area contributed by atoms with Crippen LogP contribution in [0, 0.1) is 13.8 Å². The van der Waals surface area contributed by atoms with Gasteiger partial charge in [-0.05, 0) is 44.0 Å². The Morgan fingerprint density at radius 3 is 2.71 bits per heavy atom. The molecule has 0 unspecified atom stereocenters. The predicted molar refractivity (Wildman–Crippen MR) is 91.6 cm³/mol. The van der Waals surface area contributed by atoms with Crippen LogP contribution < -0.4 is 4.74 Å². The average Bonchev–Trinajstić information content (AvgIpc) is 2.91. The highest BCUT2D eigenvalue weighted by molar-refractivity contribution is 7.89. The standard InChI is InChI=1S/C17H23N3O3S/c1-5-23-16-8-13(3)17(9-12(16)2)24(21,22)20-7-6-14-15(10-20)19(4)11-18-14/h8-9,11H,5-7,10H2,1-4H3. The maximum absolute atomic E-state index is 13.1. The highest BCUT2D eigenvalue weighted by Crippen LogP contribution is 2.30. The third kappa shape index (κ3) is 2.82. The van der Waals surface area contributed by atoms with E-state index in [9.17, 15) is 8.42 Å². The van der Waals surface area contributed by atoms with Crippen molar-refractivity contribution in [2.75, 3.05) is 13.2 Å². The highest BCUT2D eigenvalue weighted by Gasteiger charge is 2.31. The first-order valence-corrected chi connectivity index (χ1v) is 9.52. The molecule has 0 fully saturated rings. The van der Waals surface area contributed by atoms with E-state index in [0.29, 0.717) is 36.6 Å². The minimum Gasteiger partial charge on any atom is -0.494 e. The first kappa shape index (κ1) is 17.0. The van der Waals surface area contributed by atoms with E-state index >= 15 is 0 Å². The van der Waals surface area contributed by atoms with Gasteiger partial charge in [0, 0.05) is 20.0 Å². The third-order valence-corrected chi connectivity index (χ3v) is 6.45. The van der Waals surface area contributed by atoms with Crippen LogP contribution in [0.3, 0.4) is 0 Å². The molecule has 0 aliphatic carbocycles. The van der Waals surface area contributed by atoms with Gasteiger partial charge >= 0.3 is 0 Å². The molecule has 0 saturated heterocycles. The van der Waals surface area contributed by atoms with E-state index in [-0.39, 0.29) is 0 Å². The molecule has 0 spiro atoms. The summed E-state index contributed by atoms with van der Waals surface area (Å²) >= 11 is 0. The number of sulfonamides is 1. The molecule has 1 aromatic heterocycles. The quantitative estimate of drug-likeness (QED) is 0.849. The normalized spacial score (nSPS) is 15.3. The van der Waals surface area contributed by atoms with Gasteiger partial charge in [-0.3, -0.25) is 0 Å². The zero-order valence-electron chi connectivity index (χ0n) is 14.5. The summed E-state index contributed by atoms with van der Waals surface area (Å²) in [5.41, 5.74) is 3.49. The first-order chi connectivity index (χ1) is 11.3. The lowest BCUT2D eigenvalue weighted by atomic mass is 10.1. The van der Waals surface area contributed by atoms with Crippen molar-refractivity contribution in [1.29, 1.82) is 0 Å².